The number of aromatic nitrogens is 4. The smallest absolute Gasteiger partial charge is 0.164 e. The summed E-state index contributed by atoms with van der Waals surface area (Å²) in [6.07, 6.45) is 0.759. The van der Waals surface area contributed by atoms with Crippen molar-refractivity contribution in [2.75, 3.05) is 0 Å². The maximum atomic E-state index is 6.32. The number of benzene rings is 8. The first-order chi connectivity index (χ1) is 28.2. The largest absolute Gasteiger partial charge is 0.456 e. The van der Waals surface area contributed by atoms with Crippen molar-refractivity contribution in [3.63, 3.8) is 0 Å². The molecule has 0 radical (unpaired) electrons. The molecule has 3 heterocycles. The van der Waals surface area contributed by atoms with Crippen molar-refractivity contribution in [3.05, 3.63) is 205 Å². The van der Waals surface area contributed by atoms with Gasteiger partial charge in [-0.25, -0.2) is 15.0 Å². The molecule has 57 heavy (non-hydrogen) atoms. The molecule has 0 bridgehead atoms. The Morgan fingerprint density at radius 1 is 0.368 bits per heavy atom. The molecule has 0 saturated carbocycles. The summed E-state index contributed by atoms with van der Waals surface area (Å²) in [5, 5.41) is 4.63. The Balaban J connectivity index is 1.14. The van der Waals surface area contributed by atoms with E-state index in [1.807, 2.05) is 72.8 Å². The van der Waals surface area contributed by atoms with Gasteiger partial charge in [0.25, 0.3) is 0 Å². The van der Waals surface area contributed by atoms with E-state index in [4.69, 9.17) is 19.4 Å². The molecule has 0 aliphatic carbocycles. The van der Waals surface area contributed by atoms with Crippen molar-refractivity contribution in [1.82, 2.24) is 19.5 Å². The van der Waals surface area contributed by atoms with E-state index in [0.717, 1.165) is 72.9 Å². The van der Waals surface area contributed by atoms with E-state index in [-0.39, 0.29) is 0 Å². The lowest BCUT2D eigenvalue weighted by Gasteiger charge is -2.17. The fraction of sp³-hybridized carbons (Fsp3) is 0.0192. The minimum absolute atomic E-state index is 0.621. The zero-order valence-electron chi connectivity index (χ0n) is 30.9. The van der Waals surface area contributed by atoms with Gasteiger partial charge in [-0.3, -0.25) is 0 Å². The molecule has 0 spiro atoms. The summed E-state index contributed by atoms with van der Waals surface area (Å²) in [5.74, 6) is 1.89. The second-order valence-electron chi connectivity index (χ2n) is 14.4. The summed E-state index contributed by atoms with van der Waals surface area (Å²) >= 11 is 0. The van der Waals surface area contributed by atoms with E-state index in [1.165, 1.54) is 21.9 Å². The second-order valence-corrected chi connectivity index (χ2v) is 14.4. The summed E-state index contributed by atoms with van der Waals surface area (Å²) in [6.45, 7) is 0. The van der Waals surface area contributed by atoms with Crippen LogP contribution in [0.1, 0.15) is 11.1 Å². The van der Waals surface area contributed by atoms with Crippen LogP contribution in [0.25, 0.3) is 94.7 Å². The van der Waals surface area contributed by atoms with E-state index < -0.39 is 0 Å². The molecule has 5 nitrogen and oxygen atoms in total. The Labute approximate surface area is 329 Å². The van der Waals surface area contributed by atoms with Gasteiger partial charge in [0.1, 0.15) is 11.2 Å². The highest BCUT2D eigenvalue weighted by Crippen LogP contribution is 2.39. The molecule has 11 aromatic rings. The van der Waals surface area contributed by atoms with Gasteiger partial charge in [-0.1, -0.05) is 158 Å². The van der Waals surface area contributed by atoms with Crippen molar-refractivity contribution in [2.24, 2.45) is 0 Å². The van der Waals surface area contributed by atoms with Crippen molar-refractivity contribution >= 4 is 43.7 Å². The number of nitrogens with zero attached hydrogens (tertiary/aromatic N) is 4. The Kier molecular flexibility index (Phi) is 7.81. The van der Waals surface area contributed by atoms with Crippen molar-refractivity contribution in [1.29, 1.82) is 0 Å². The Morgan fingerprint density at radius 2 is 0.895 bits per heavy atom. The summed E-state index contributed by atoms with van der Waals surface area (Å²) in [5.41, 5.74) is 12.6. The van der Waals surface area contributed by atoms with E-state index in [9.17, 15) is 0 Å². The molecule has 0 unspecified atom stereocenters. The van der Waals surface area contributed by atoms with Crippen LogP contribution in [0.15, 0.2) is 199 Å². The van der Waals surface area contributed by atoms with Crippen LogP contribution in [0.2, 0.25) is 0 Å². The minimum Gasteiger partial charge on any atom is -0.456 e. The van der Waals surface area contributed by atoms with E-state index >= 15 is 0 Å². The summed E-state index contributed by atoms with van der Waals surface area (Å²) in [6, 6.07) is 67.9. The van der Waals surface area contributed by atoms with Crippen LogP contribution >= 0.6 is 0 Å². The monoisotopic (exact) mass is 730 g/mol. The molecule has 3 aromatic heterocycles. The molecule has 8 aromatic carbocycles. The summed E-state index contributed by atoms with van der Waals surface area (Å²) < 4.78 is 8.75. The topological polar surface area (TPSA) is 56.7 Å². The maximum absolute atomic E-state index is 6.32. The van der Waals surface area contributed by atoms with Gasteiger partial charge in [-0.05, 0) is 65.1 Å². The molecule has 5 heteroatoms. The van der Waals surface area contributed by atoms with Gasteiger partial charge in [0.2, 0.25) is 0 Å². The Hall–Kier alpha value is -7.63. The molecule has 0 aliphatic rings. The van der Waals surface area contributed by atoms with Crippen molar-refractivity contribution in [3.8, 4) is 51.0 Å². The second kappa shape index (κ2) is 13.6. The van der Waals surface area contributed by atoms with Crippen LogP contribution in [0.5, 0.6) is 0 Å². The van der Waals surface area contributed by atoms with Crippen LogP contribution < -0.4 is 0 Å². The number of fused-ring (bicyclic) bond motifs is 6. The van der Waals surface area contributed by atoms with Gasteiger partial charge in [-0.15, -0.1) is 0 Å². The summed E-state index contributed by atoms with van der Waals surface area (Å²) in [7, 11) is 0. The van der Waals surface area contributed by atoms with Crippen LogP contribution in [0.3, 0.4) is 0 Å². The highest BCUT2D eigenvalue weighted by Gasteiger charge is 2.19. The molecule has 0 amide bonds. The lowest BCUT2D eigenvalue weighted by atomic mass is 10.00. The number of hydrogen-bond donors (Lipinski definition) is 0. The van der Waals surface area contributed by atoms with Gasteiger partial charge in [0.05, 0.1) is 16.7 Å². The third-order valence-corrected chi connectivity index (χ3v) is 10.9. The van der Waals surface area contributed by atoms with Gasteiger partial charge < -0.3 is 8.98 Å². The quantitative estimate of drug-likeness (QED) is 0.164. The lowest BCUT2D eigenvalue weighted by molar-refractivity contribution is 0.669. The van der Waals surface area contributed by atoms with Gasteiger partial charge in [0.15, 0.2) is 17.5 Å². The molecule has 0 N–H and O–H groups in total. The molecular formula is C52H34N4O. The normalized spacial score (nSPS) is 11.6. The third kappa shape index (κ3) is 5.85. The van der Waals surface area contributed by atoms with Gasteiger partial charge >= 0.3 is 0 Å². The minimum atomic E-state index is 0.621. The molecule has 0 atom stereocenters. The molecule has 0 aliphatic heterocycles. The lowest BCUT2D eigenvalue weighted by Crippen LogP contribution is -2.04. The predicted molar refractivity (Wildman–Crippen MR) is 232 cm³/mol. The first-order valence-corrected chi connectivity index (χ1v) is 19.2. The average molecular weight is 731 g/mol. The molecule has 0 fully saturated rings. The third-order valence-electron chi connectivity index (χ3n) is 10.9. The van der Waals surface area contributed by atoms with Crippen LogP contribution in [0, 0.1) is 0 Å². The van der Waals surface area contributed by atoms with E-state index in [1.54, 1.807) is 0 Å². The number of hydrogen-bond acceptors (Lipinski definition) is 4. The van der Waals surface area contributed by atoms with E-state index in [2.05, 4.69) is 126 Å². The SMILES string of the molecule is c1ccc(Cc2ccc(-c3nc(-c4ccccc4)nc(-c4ccccc4)n3)cc2-n2c3ccccc3c3ccc(-c4ccc5c(c4)oc4ccccc45)cc32)cc1. The number of rotatable bonds is 7. The number of furan rings is 1. The van der Waals surface area contributed by atoms with Gasteiger partial charge in [-0.2, -0.15) is 0 Å². The molecule has 0 saturated heterocycles. The fourth-order valence-corrected chi connectivity index (χ4v) is 8.13. The first kappa shape index (κ1) is 32.8. The highest BCUT2D eigenvalue weighted by molar-refractivity contribution is 6.11. The predicted octanol–water partition coefficient (Wildman–Crippen LogP) is 13.1. The molecular weight excluding hydrogens is 697 g/mol. The number of para-hydroxylation sites is 2. The van der Waals surface area contributed by atoms with Crippen molar-refractivity contribution in [2.45, 2.75) is 6.42 Å². The van der Waals surface area contributed by atoms with E-state index in [0.29, 0.717) is 17.5 Å². The fourth-order valence-electron chi connectivity index (χ4n) is 8.13. The summed E-state index contributed by atoms with van der Waals surface area (Å²) in [4.78, 5) is 15.2. The van der Waals surface area contributed by atoms with Crippen molar-refractivity contribution < 1.29 is 4.42 Å². The molecule has 268 valence electrons. The zero-order chi connectivity index (χ0) is 37.7. The maximum Gasteiger partial charge on any atom is 0.164 e. The van der Waals surface area contributed by atoms with Crippen LogP contribution in [-0.2, 0) is 6.42 Å². The first-order valence-electron chi connectivity index (χ1n) is 19.2. The van der Waals surface area contributed by atoms with Crippen LogP contribution in [-0.4, -0.2) is 19.5 Å². The standard InChI is InChI=1S/C52H34N4O/c1-4-14-34(15-5-1)30-39-24-25-40(52-54-50(35-16-6-2-7-17-35)53-51(55-52)36-18-8-3-9-19-36)32-46(39)56-45-22-12-10-20-41(45)42-28-26-37(31-47(42)56)38-27-29-44-43-21-11-13-23-48(43)57-49(44)33-38/h1-29,31-33H,30H2. The Bertz CT molecular complexity index is 3200. The van der Waals surface area contributed by atoms with Gasteiger partial charge in [0, 0.05) is 38.2 Å². The average Bonchev–Trinajstić information content (AvgIpc) is 3.82. The zero-order valence-corrected chi connectivity index (χ0v) is 30.9. The Morgan fingerprint density at radius 3 is 1.61 bits per heavy atom. The molecule has 11 rings (SSSR count). The van der Waals surface area contributed by atoms with Crippen LogP contribution in [0.4, 0.5) is 0 Å². The highest BCUT2D eigenvalue weighted by atomic mass is 16.3.